The summed E-state index contributed by atoms with van der Waals surface area (Å²) in [5.74, 6) is 0.570. The van der Waals surface area contributed by atoms with Gasteiger partial charge in [-0.1, -0.05) is 0 Å². The number of nitrogens with zero attached hydrogens (tertiary/aromatic N) is 2. The molecule has 0 bridgehead atoms. The average molecular weight is 285 g/mol. The lowest BCUT2D eigenvalue weighted by molar-refractivity contribution is -0.137. The van der Waals surface area contributed by atoms with Crippen molar-refractivity contribution in [2.75, 3.05) is 20.2 Å². The van der Waals surface area contributed by atoms with Crippen LogP contribution in [0.2, 0.25) is 0 Å². The third kappa shape index (κ3) is 3.51. The van der Waals surface area contributed by atoms with Crippen LogP contribution in [0.3, 0.4) is 0 Å². The van der Waals surface area contributed by atoms with Crippen LogP contribution in [0, 0.1) is 0 Å². The first-order valence-corrected chi connectivity index (χ1v) is 6.00. The van der Waals surface area contributed by atoms with Gasteiger partial charge in [-0.25, -0.2) is 4.68 Å². The number of hydrogen-bond acceptors (Lipinski definition) is 3. The second-order valence-corrected chi connectivity index (χ2v) is 4.12. The lowest BCUT2D eigenvalue weighted by atomic mass is 10.2. The minimum Gasteiger partial charge on any atom is -0.489 e. The molecule has 1 heterocycles. The Morgan fingerprint density at radius 2 is 1.95 bits per heavy atom. The number of halogens is 3. The molecule has 0 unspecified atom stereocenters. The molecule has 0 saturated heterocycles. The molecule has 0 aliphatic carbocycles. The van der Waals surface area contributed by atoms with Crippen LogP contribution in [-0.2, 0) is 6.18 Å². The molecule has 0 fully saturated rings. The van der Waals surface area contributed by atoms with E-state index in [0.717, 1.165) is 12.1 Å². The Hall–Kier alpha value is -2.02. The molecule has 7 heteroatoms. The predicted octanol–water partition coefficient (Wildman–Crippen LogP) is 2.49. The van der Waals surface area contributed by atoms with Crippen LogP contribution >= 0.6 is 0 Å². The van der Waals surface area contributed by atoms with Crippen molar-refractivity contribution < 1.29 is 17.9 Å². The molecule has 0 amide bonds. The van der Waals surface area contributed by atoms with E-state index in [0.29, 0.717) is 24.6 Å². The van der Waals surface area contributed by atoms with Crippen LogP contribution in [0.25, 0.3) is 5.69 Å². The molecule has 0 radical (unpaired) electrons. The highest BCUT2D eigenvalue weighted by Crippen LogP contribution is 2.29. The normalized spacial score (nSPS) is 11.6. The summed E-state index contributed by atoms with van der Waals surface area (Å²) in [5.41, 5.74) is -0.139. The Morgan fingerprint density at radius 1 is 1.25 bits per heavy atom. The summed E-state index contributed by atoms with van der Waals surface area (Å²) in [7, 11) is 1.81. The Bertz CT molecular complexity index is 549. The molecule has 1 aromatic heterocycles. The Labute approximate surface area is 114 Å². The van der Waals surface area contributed by atoms with E-state index in [1.165, 1.54) is 23.0 Å². The van der Waals surface area contributed by atoms with E-state index in [1.807, 2.05) is 7.05 Å². The fraction of sp³-hybridized carbons (Fsp3) is 0.308. The number of benzene rings is 1. The predicted molar refractivity (Wildman–Crippen MR) is 68.0 cm³/mol. The van der Waals surface area contributed by atoms with Gasteiger partial charge in [-0.3, -0.25) is 0 Å². The van der Waals surface area contributed by atoms with Gasteiger partial charge in [-0.05, 0) is 31.3 Å². The first kappa shape index (κ1) is 14.4. The first-order chi connectivity index (χ1) is 9.50. The van der Waals surface area contributed by atoms with Crippen molar-refractivity contribution in [3.8, 4) is 11.4 Å². The molecule has 0 spiro atoms. The largest absolute Gasteiger partial charge is 0.489 e. The van der Waals surface area contributed by atoms with Gasteiger partial charge in [0.05, 0.1) is 23.6 Å². The van der Waals surface area contributed by atoms with Crippen molar-refractivity contribution in [3.63, 3.8) is 0 Å². The van der Waals surface area contributed by atoms with Gasteiger partial charge in [0.1, 0.15) is 6.61 Å². The van der Waals surface area contributed by atoms with Crippen LogP contribution in [0.5, 0.6) is 5.75 Å². The van der Waals surface area contributed by atoms with Crippen molar-refractivity contribution in [2.45, 2.75) is 6.18 Å². The average Bonchev–Trinajstić information content (AvgIpc) is 2.87. The smallest absolute Gasteiger partial charge is 0.416 e. The van der Waals surface area contributed by atoms with E-state index in [-0.39, 0.29) is 0 Å². The Kier molecular flexibility index (Phi) is 4.29. The highest BCUT2D eigenvalue weighted by molar-refractivity contribution is 5.36. The minimum absolute atomic E-state index is 0.495. The van der Waals surface area contributed by atoms with E-state index in [1.54, 1.807) is 6.20 Å². The highest BCUT2D eigenvalue weighted by Gasteiger charge is 2.29. The third-order valence-electron chi connectivity index (χ3n) is 2.64. The Balaban J connectivity index is 2.08. The summed E-state index contributed by atoms with van der Waals surface area (Å²) in [5, 5.41) is 6.99. The van der Waals surface area contributed by atoms with Crippen molar-refractivity contribution in [1.82, 2.24) is 15.1 Å². The second-order valence-electron chi connectivity index (χ2n) is 4.12. The number of ether oxygens (including phenoxy) is 1. The van der Waals surface area contributed by atoms with Crippen molar-refractivity contribution in [2.24, 2.45) is 0 Å². The maximum Gasteiger partial charge on any atom is 0.416 e. The van der Waals surface area contributed by atoms with Crippen LogP contribution in [-0.4, -0.2) is 30.0 Å². The first-order valence-electron chi connectivity index (χ1n) is 6.00. The fourth-order valence-corrected chi connectivity index (χ4v) is 1.60. The molecule has 1 aromatic carbocycles. The summed E-state index contributed by atoms with van der Waals surface area (Å²) >= 11 is 0. The van der Waals surface area contributed by atoms with Gasteiger partial charge in [0, 0.05) is 6.54 Å². The molecule has 0 aliphatic rings. The van der Waals surface area contributed by atoms with Gasteiger partial charge in [0.25, 0.3) is 0 Å². The number of likely N-dealkylation sites (N-methyl/N-ethyl adjacent to an activating group) is 1. The van der Waals surface area contributed by atoms with Crippen LogP contribution in [0.15, 0.2) is 36.7 Å². The number of aromatic nitrogens is 2. The summed E-state index contributed by atoms with van der Waals surface area (Å²) in [4.78, 5) is 0. The molecule has 2 rings (SSSR count). The minimum atomic E-state index is -4.33. The Morgan fingerprint density at radius 3 is 2.55 bits per heavy atom. The summed E-state index contributed by atoms with van der Waals surface area (Å²) in [6, 6.07) is 4.79. The second kappa shape index (κ2) is 5.96. The van der Waals surface area contributed by atoms with Crippen molar-refractivity contribution >= 4 is 0 Å². The molecule has 0 atom stereocenters. The molecule has 0 aliphatic heterocycles. The molecule has 20 heavy (non-hydrogen) atoms. The lowest BCUT2D eigenvalue weighted by Crippen LogP contribution is -2.15. The van der Waals surface area contributed by atoms with Gasteiger partial charge in [-0.2, -0.15) is 18.3 Å². The van der Waals surface area contributed by atoms with Gasteiger partial charge in [-0.15, -0.1) is 0 Å². The number of rotatable bonds is 5. The van der Waals surface area contributed by atoms with E-state index in [4.69, 9.17) is 4.74 Å². The van der Waals surface area contributed by atoms with E-state index in [9.17, 15) is 13.2 Å². The molecular weight excluding hydrogens is 271 g/mol. The lowest BCUT2D eigenvalue weighted by Gasteiger charge is -2.07. The van der Waals surface area contributed by atoms with E-state index in [2.05, 4.69) is 10.4 Å². The fourth-order valence-electron chi connectivity index (χ4n) is 1.60. The summed E-state index contributed by atoms with van der Waals surface area (Å²) < 4.78 is 44.2. The highest BCUT2D eigenvalue weighted by atomic mass is 19.4. The zero-order valence-corrected chi connectivity index (χ0v) is 10.8. The zero-order chi connectivity index (χ0) is 14.6. The summed E-state index contributed by atoms with van der Waals surface area (Å²) in [6.07, 6.45) is -1.18. The van der Waals surface area contributed by atoms with Crippen LogP contribution in [0.1, 0.15) is 5.56 Å². The number of alkyl halides is 3. The SMILES string of the molecule is CNCCOc1cnn(-c2ccc(C(F)(F)F)cc2)c1. The number of hydrogen-bond donors (Lipinski definition) is 1. The molecule has 108 valence electrons. The molecule has 1 N–H and O–H groups in total. The third-order valence-corrected chi connectivity index (χ3v) is 2.64. The van der Waals surface area contributed by atoms with E-state index >= 15 is 0 Å². The zero-order valence-electron chi connectivity index (χ0n) is 10.8. The molecule has 4 nitrogen and oxygen atoms in total. The monoisotopic (exact) mass is 285 g/mol. The van der Waals surface area contributed by atoms with Gasteiger partial charge in [0.15, 0.2) is 5.75 Å². The quantitative estimate of drug-likeness (QED) is 0.858. The number of nitrogens with one attached hydrogen (secondary N) is 1. The summed E-state index contributed by atoms with van der Waals surface area (Å²) in [6.45, 7) is 1.20. The van der Waals surface area contributed by atoms with Crippen LogP contribution < -0.4 is 10.1 Å². The molecular formula is C13H14F3N3O. The van der Waals surface area contributed by atoms with Crippen LogP contribution in [0.4, 0.5) is 13.2 Å². The van der Waals surface area contributed by atoms with Gasteiger partial charge < -0.3 is 10.1 Å². The van der Waals surface area contributed by atoms with Crippen molar-refractivity contribution in [3.05, 3.63) is 42.2 Å². The van der Waals surface area contributed by atoms with Gasteiger partial charge >= 0.3 is 6.18 Å². The molecule has 2 aromatic rings. The molecule has 0 saturated carbocycles. The standard InChI is InChI=1S/C13H14F3N3O/c1-17-6-7-20-12-8-18-19(9-12)11-4-2-10(3-5-11)13(14,15)16/h2-5,8-9,17H,6-7H2,1H3. The topological polar surface area (TPSA) is 39.1 Å². The maximum absolute atomic E-state index is 12.5. The van der Waals surface area contributed by atoms with Crippen molar-refractivity contribution in [1.29, 1.82) is 0 Å². The van der Waals surface area contributed by atoms with Gasteiger partial charge in [0.2, 0.25) is 0 Å². The van der Waals surface area contributed by atoms with E-state index < -0.39 is 11.7 Å². The maximum atomic E-state index is 12.5.